The Morgan fingerprint density at radius 3 is 1.11 bits per heavy atom. The van der Waals surface area contributed by atoms with Gasteiger partial charge in [-0.1, -0.05) is 36.4 Å². The number of benzene rings is 2. The average Bonchev–Trinajstić information content (AvgIpc) is 2.82. The summed E-state index contributed by atoms with van der Waals surface area (Å²) in [6.45, 7) is 27.5. The minimum atomic E-state index is -3.01. The van der Waals surface area contributed by atoms with Crippen LogP contribution in [0, 0.1) is 0 Å². The standard InChI is InChI=1S/C32H62O6Si6/c1-39(2,3)35-42(8,9)27-28-43(10,11)38-44(12,36-40(4,5)25-17-21-29-19-13-15-23-31(29)33)37-41(6,7)26-18-22-30-20-14-16-24-32(30)34/h13-16,19-20,23-24,33-34H,17-18,21-22,25-28H2,1-12H3. The highest BCUT2D eigenvalue weighted by molar-refractivity contribution is 6.91. The van der Waals surface area contributed by atoms with Crippen LogP contribution in [-0.2, 0) is 29.3 Å². The summed E-state index contributed by atoms with van der Waals surface area (Å²) in [6.07, 6.45) is 3.57. The third-order valence-corrected chi connectivity index (χ3v) is 30.0. The molecule has 0 fully saturated rings. The topological polar surface area (TPSA) is 77.4 Å². The Morgan fingerprint density at radius 2 is 0.773 bits per heavy atom. The van der Waals surface area contributed by atoms with Gasteiger partial charge in [-0.25, -0.2) is 0 Å². The van der Waals surface area contributed by atoms with Crippen LogP contribution in [0.25, 0.3) is 0 Å². The molecule has 0 atom stereocenters. The summed E-state index contributed by atoms with van der Waals surface area (Å²) in [7, 11) is -12.9. The highest BCUT2D eigenvalue weighted by Gasteiger charge is 2.49. The maximum absolute atomic E-state index is 10.2. The molecule has 0 spiro atoms. The zero-order chi connectivity index (χ0) is 33.5. The van der Waals surface area contributed by atoms with E-state index in [0.29, 0.717) is 11.5 Å². The number of phenolic OH excluding ortho intramolecular Hbond substituents is 2. The Hall–Kier alpha value is -0.819. The molecule has 0 aliphatic carbocycles. The Morgan fingerprint density at radius 1 is 0.455 bits per heavy atom. The monoisotopic (exact) mass is 710 g/mol. The van der Waals surface area contributed by atoms with Crippen LogP contribution in [0.1, 0.15) is 24.0 Å². The second-order valence-electron chi connectivity index (χ2n) is 15.9. The molecule has 2 N–H and O–H groups in total. The quantitative estimate of drug-likeness (QED) is 0.141. The molecular weight excluding hydrogens is 649 g/mol. The third-order valence-electron chi connectivity index (χ3n) is 7.73. The van der Waals surface area contributed by atoms with E-state index >= 15 is 0 Å². The molecular formula is C32H62O6Si6. The van der Waals surface area contributed by atoms with Crippen LogP contribution in [0.15, 0.2) is 48.5 Å². The second kappa shape index (κ2) is 15.8. The lowest BCUT2D eigenvalue weighted by molar-refractivity contribution is 0.257. The van der Waals surface area contributed by atoms with Crippen LogP contribution in [0.3, 0.4) is 0 Å². The molecule has 0 saturated carbocycles. The van der Waals surface area contributed by atoms with E-state index in [2.05, 4.69) is 78.6 Å². The first-order valence-corrected chi connectivity index (χ1v) is 34.5. The van der Waals surface area contributed by atoms with Gasteiger partial charge < -0.3 is 26.7 Å². The minimum absolute atomic E-state index is 0.368. The molecule has 2 aromatic carbocycles. The van der Waals surface area contributed by atoms with Crippen LogP contribution >= 0.6 is 0 Å². The fraction of sp³-hybridized carbons (Fsp3) is 0.625. The van der Waals surface area contributed by atoms with Gasteiger partial charge in [0, 0.05) is 6.55 Å². The van der Waals surface area contributed by atoms with E-state index in [1.807, 2.05) is 36.4 Å². The molecule has 2 aromatic rings. The fourth-order valence-corrected chi connectivity index (χ4v) is 34.9. The minimum Gasteiger partial charge on any atom is -0.508 e. The summed E-state index contributed by atoms with van der Waals surface area (Å²) >= 11 is 0. The van der Waals surface area contributed by atoms with Crippen molar-refractivity contribution in [2.24, 2.45) is 0 Å². The molecule has 0 heterocycles. The van der Waals surface area contributed by atoms with Crippen LogP contribution in [0.4, 0.5) is 0 Å². The summed E-state index contributed by atoms with van der Waals surface area (Å²) in [5.74, 6) is 0.736. The smallest absolute Gasteiger partial charge is 0.466 e. The summed E-state index contributed by atoms with van der Waals surface area (Å²) in [4.78, 5) is 0. The van der Waals surface area contributed by atoms with Crippen molar-refractivity contribution in [3.63, 3.8) is 0 Å². The number of aromatic hydroxyl groups is 2. The van der Waals surface area contributed by atoms with Gasteiger partial charge in [-0.3, -0.25) is 0 Å². The highest BCUT2D eigenvalue weighted by atomic mass is 28.5. The first-order chi connectivity index (χ1) is 20.0. The number of para-hydroxylation sites is 2. The first kappa shape index (κ1) is 39.4. The van der Waals surface area contributed by atoms with Crippen LogP contribution in [-0.4, -0.2) is 60.6 Å². The van der Waals surface area contributed by atoms with Crippen molar-refractivity contribution >= 4 is 50.4 Å². The van der Waals surface area contributed by atoms with Crippen molar-refractivity contribution in [1.82, 2.24) is 0 Å². The van der Waals surface area contributed by atoms with Gasteiger partial charge in [-0.05, 0) is 145 Å². The summed E-state index contributed by atoms with van der Waals surface area (Å²) in [5, 5.41) is 20.5. The van der Waals surface area contributed by atoms with Gasteiger partial charge in [0.25, 0.3) is 0 Å². The first-order valence-electron chi connectivity index (χ1n) is 16.4. The molecule has 0 aliphatic rings. The SMILES string of the molecule is C[Si](C)(C)O[Si](C)(C)CC[Si](C)(C)O[Si](C)(O[Si](C)(C)CCCc1ccccc1O)O[Si](C)(C)CCCc1ccccc1O. The van der Waals surface area contributed by atoms with E-state index in [-0.39, 0.29) is 0 Å². The molecule has 0 bridgehead atoms. The molecule has 6 nitrogen and oxygen atoms in total. The van der Waals surface area contributed by atoms with Crippen molar-refractivity contribution in [3.05, 3.63) is 59.7 Å². The summed E-state index contributed by atoms with van der Waals surface area (Å²) in [6, 6.07) is 19.3. The van der Waals surface area contributed by atoms with Gasteiger partial charge in [0.2, 0.25) is 0 Å². The van der Waals surface area contributed by atoms with E-state index in [1.54, 1.807) is 12.1 Å². The molecule has 0 saturated heterocycles. The Labute approximate surface area is 275 Å². The van der Waals surface area contributed by atoms with Crippen molar-refractivity contribution in [2.75, 3.05) is 0 Å². The van der Waals surface area contributed by atoms with Gasteiger partial charge >= 0.3 is 8.80 Å². The average molecular weight is 711 g/mol. The maximum Gasteiger partial charge on any atom is 0.466 e. The molecule has 2 rings (SSSR count). The highest BCUT2D eigenvalue weighted by Crippen LogP contribution is 2.33. The fourth-order valence-electron chi connectivity index (χ4n) is 6.06. The lowest BCUT2D eigenvalue weighted by Crippen LogP contribution is -2.60. The van der Waals surface area contributed by atoms with E-state index < -0.39 is 50.4 Å². The Kier molecular flexibility index (Phi) is 14.2. The molecule has 250 valence electrons. The van der Waals surface area contributed by atoms with Crippen molar-refractivity contribution < 1.29 is 26.7 Å². The maximum atomic E-state index is 10.2. The molecule has 0 unspecified atom stereocenters. The number of phenols is 2. The van der Waals surface area contributed by atoms with Crippen molar-refractivity contribution in [2.45, 2.75) is 128 Å². The third kappa shape index (κ3) is 15.2. The van der Waals surface area contributed by atoms with Gasteiger partial charge in [-0.2, -0.15) is 0 Å². The van der Waals surface area contributed by atoms with Gasteiger partial charge in [0.05, 0.1) is 0 Å². The van der Waals surface area contributed by atoms with E-state index in [4.69, 9.17) is 16.5 Å². The van der Waals surface area contributed by atoms with Crippen LogP contribution < -0.4 is 0 Å². The number of hydrogen-bond acceptors (Lipinski definition) is 6. The molecule has 0 radical (unpaired) electrons. The van der Waals surface area contributed by atoms with E-state index in [0.717, 1.165) is 61.0 Å². The molecule has 0 aromatic heterocycles. The predicted octanol–water partition coefficient (Wildman–Crippen LogP) is 9.95. The predicted molar refractivity (Wildman–Crippen MR) is 201 cm³/mol. The van der Waals surface area contributed by atoms with E-state index in [9.17, 15) is 10.2 Å². The van der Waals surface area contributed by atoms with Gasteiger partial charge in [-0.15, -0.1) is 0 Å². The molecule has 44 heavy (non-hydrogen) atoms. The van der Waals surface area contributed by atoms with Crippen molar-refractivity contribution in [3.8, 4) is 11.5 Å². The number of rotatable bonds is 19. The number of hydrogen-bond donors (Lipinski definition) is 2. The van der Waals surface area contributed by atoms with Crippen LogP contribution in [0.2, 0.25) is 103 Å². The largest absolute Gasteiger partial charge is 0.508 e. The Balaban J connectivity index is 2.18. The van der Waals surface area contributed by atoms with Crippen molar-refractivity contribution in [1.29, 1.82) is 0 Å². The Bertz CT molecular complexity index is 1120. The van der Waals surface area contributed by atoms with Gasteiger partial charge in [0.15, 0.2) is 41.6 Å². The normalized spacial score (nSPS) is 13.8. The summed E-state index contributed by atoms with van der Waals surface area (Å²) < 4.78 is 28.2. The zero-order valence-electron chi connectivity index (χ0n) is 29.8. The zero-order valence-corrected chi connectivity index (χ0v) is 35.8. The second-order valence-corrected chi connectivity index (χ2v) is 41.2. The molecule has 0 aliphatic heterocycles. The molecule has 12 heteroatoms. The van der Waals surface area contributed by atoms with Gasteiger partial charge in [0.1, 0.15) is 11.5 Å². The number of aryl methyl sites for hydroxylation is 2. The van der Waals surface area contributed by atoms with E-state index in [1.165, 1.54) is 0 Å². The lowest BCUT2D eigenvalue weighted by atomic mass is 10.1. The lowest BCUT2D eigenvalue weighted by Gasteiger charge is -2.44. The van der Waals surface area contributed by atoms with Crippen LogP contribution in [0.5, 0.6) is 11.5 Å². The summed E-state index contributed by atoms with van der Waals surface area (Å²) in [5.41, 5.74) is 1.98. The molecule has 0 amide bonds.